The van der Waals surface area contributed by atoms with Crippen LogP contribution in [0, 0.1) is 0 Å². The number of hydrogen-bond acceptors (Lipinski definition) is 5. The second kappa shape index (κ2) is 40.5. The van der Waals surface area contributed by atoms with Crippen LogP contribution in [-0.4, -0.2) is 36.4 Å². The molecule has 0 aromatic rings. The highest BCUT2D eigenvalue weighted by Gasteiger charge is 2.16. The minimum Gasteiger partial charge on any atom is -0.462 e. The standard InChI is InChI=1S/C44H80O5/c1-3-5-7-9-11-13-15-17-19-20-21-22-23-24-25-27-29-31-33-35-37-39-44(47)49-42(40-45)41-48-43(46)38-36-34-32-30-28-26-18-16-14-12-10-8-6-4-2/h15-18,20-21,42,45H,3-14,19,22-41H2,1-2H3/b17-15-,18-16-,21-20-. The Labute approximate surface area is 304 Å². The van der Waals surface area contributed by atoms with Crippen LogP contribution in [0.3, 0.4) is 0 Å². The Morgan fingerprint density at radius 3 is 1.22 bits per heavy atom. The molecule has 0 saturated carbocycles. The van der Waals surface area contributed by atoms with Crippen LogP contribution in [0.2, 0.25) is 0 Å². The molecule has 0 spiro atoms. The lowest BCUT2D eigenvalue weighted by Gasteiger charge is -2.15. The highest BCUT2D eigenvalue weighted by atomic mass is 16.6. The van der Waals surface area contributed by atoms with Gasteiger partial charge in [0.15, 0.2) is 6.10 Å². The van der Waals surface area contributed by atoms with Crippen LogP contribution < -0.4 is 0 Å². The van der Waals surface area contributed by atoms with E-state index in [4.69, 9.17) is 9.47 Å². The van der Waals surface area contributed by atoms with Gasteiger partial charge in [0.1, 0.15) is 6.61 Å². The summed E-state index contributed by atoms with van der Waals surface area (Å²) in [7, 11) is 0. The first-order valence-corrected chi connectivity index (χ1v) is 21.0. The minimum atomic E-state index is -0.775. The molecule has 0 fully saturated rings. The minimum absolute atomic E-state index is 0.0705. The SMILES string of the molecule is CCCCCCC/C=C\C/C=C\CCCCCCCCCCCC(=O)OC(CO)COC(=O)CCCCCCC/C=C\CCCCCCC. The number of hydrogen-bond donors (Lipinski definition) is 1. The Bertz CT molecular complexity index is 786. The van der Waals surface area contributed by atoms with Crippen molar-refractivity contribution < 1.29 is 24.2 Å². The van der Waals surface area contributed by atoms with Crippen molar-refractivity contribution in [2.75, 3.05) is 13.2 Å². The molecule has 0 amide bonds. The number of esters is 2. The predicted molar refractivity (Wildman–Crippen MR) is 210 cm³/mol. The Morgan fingerprint density at radius 2 is 0.816 bits per heavy atom. The van der Waals surface area contributed by atoms with E-state index in [0.29, 0.717) is 12.8 Å². The van der Waals surface area contributed by atoms with E-state index >= 15 is 0 Å². The van der Waals surface area contributed by atoms with Gasteiger partial charge in [-0.05, 0) is 70.6 Å². The number of unbranched alkanes of at least 4 members (excludes halogenated alkanes) is 24. The van der Waals surface area contributed by atoms with Gasteiger partial charge in [-0.2, -0.15) is 0 Å². The van der Waals surface area contributed by atoms with Gasteiger partial charge in [0, 0.05) is 12.8 Å². The average Bonchev–Trinajstić information content (AvgIpc) is 3.10. The number of rotatable bonds is 38. The Kier molecular flexibility index (Phi) is 39.0. The molecule has 0 aliphatic carbocycles. The lowest BCUT2D eigenvalue weighted by molar-refractivity contribution is -0.161. The number of aliphatic hydroxyl groups is 1. The lowest BCUT2D eigenvalue weighted by Crippen LogP contribution is -2.28. The molecule has 0 aromatic heterocycles. The molecular weight excluding hydrogens is 608 g/mol. The number of ether oxygens (including phenoxy) is 2. The van der Waals surface area contributed by atoms with Crippen LogP contribution in [-0.2, 0) is 19.1 Å². The van der Waals surface area contributed by atoms with E-state index in [-0.39, 0.29) is 25.2 Å². The quantitative estimate of drug-likeness (QED) is 0.0397. The van der Waals surface area contributed by atoms with E-state index in [9.17, 15) is 14.7 Å². The molecule has 5 nitrogen and oxygen atoms in total. The van der Waals surface area contributed by atoms with Crippen molar-refractivity contribution in [1.29, 1.82) is 0 Å². The van der Waals surface area contributed by atoms with Gasteiger partial charge in [-0.25, -0.2) is 0 Å². The molecule has 1 N–H and O–H groups in total. The topological polar surface area (TPSA) is 72.8 Å². The van der Waals surface area contributed by atoms with E-state index < -0.39 is 6.10 Å². The van der Waals surface area contributed by atoms with Crippen LogP contribution in [0.25, 0.3) is 0 Å². The summed E-state index contributed by atoms with van der Waals surface area (Å²) in [6.07, 6.45) is 49.2. The third-order valence-electron chi connectivity index (χ3n) is 9.16. The van der Waals surface area contributed by atoms with E-state index in [2.05, 4.69) is 50.3 Å². The second-order valence-electron chi connectivity index (χ2n) is 14.1. The summed E-state index contributed by atoms with van der Waals surface area (Å²) < 4.78 is 10.6. The highest BCUT2D eigenvalue weighted by molar-refractivity contribution is 5.70. The molecule has 5 heteroatoms. The molecule has 0 aliphatic rings. The van der Waals surface area contributed by atoms with Gasteiger partial charge in [-0.15, -0.1) is 0 Å². The summed E-state index contributed by atoms with van der Waals surface area (Å²) in [6.45, 7) is 4.11. The third-order valence-corrected chi connectivity index (χ3v) is 9.16. The van der Waals surface area contributed by atoms with Gasteiger partial charge in [0.05, 0.1) is 6.61 Å². The van der Waals surface area contributed by atoms with Gasteiger partial charge in [0.25, 0.3) is 0 Å². The van der Waals surface area contributed by atoms with Gasteiger partial charge >= 0.3 is 11.9 Å². The molecule has 0 rings (SSSR count). The van der Waals surface area contributed by atoms with Crippen molar-refractivity contribution in [2.45, 2.75) is 219 Å². The van der Waals surface area contributed by atoms with E-state index in [0.717, 1.165) is 51.4 Å². The van der Waals surface area contributed by atoms with E-state index in [1.807, 2.05) is 0 Å². The third kappa shape index (κ3) is 38.8. The zero-order valence-electron chi connectivity index (χ0n) is 32.5. The fourth-order valence-electron chi connectivity index (χ4n) is 5.93. The first-order valence-electron chi connectivity index (χ1n) is 21.0. The zero-order valence-corrected chi connectivity index (χ0v) is 32.5. The molecular formula is C44H80O5. The van der Waals surface area contributed by atoms with Crippen LogP contribution in [0.5, 0.6) is 0 Å². The predicted octanol–water partition coefficient (Wildman–Crippen LogP) is 13.2. The Balaban J connectivity index is 3.55. The number of carbonyl (C=O) groups is 2. The molecule has 286 valence electrons. The van der Waals surface area contributed by atoms with Crippen molar-refractivity contribution in [3.05, 3.63) is 36.5 Å². The summed E-state index contributed by atoms with van der Waals surface area (Å²) in [5, 5.41) is 9.56. The maximum Gasteiger partial charge on any atom is 0.306 e. The second-order valence-corrected chi connectivity index (χ2v) is 14.1. The van der Waals surface area contributed by atoms with Crippen molar-refractivity contribution in [3.63, 3.8) is 0 Å². The molecule has 1 atom stereocenters. The molecule has 0 aliphatic heterocycles. The van der Waals surface area contributed by atoms with Gasteiger partial charge in [-0.3, -0.25) is 9.59 Å². The Morgan fingerprint density at radius 1 is 0.469 bits per heavy atom. The average molecular weight is 689 g/mol. The summed E-state index contributed by atoms with van der Waals surface area (Å²) in [4.78, 5) is 24.3. The number of allylic oxidation sites excluding steroid dienone is 6. The molecule has 0 heterocycles. The molecule has 49 heavy (non-hydrogen) atoms. The number of carbonyl (C=O) groups excluding carboxylic acids is 2. The summed E-state index contributed by atoms with van der Waals surface area (Å²) in [5.74, 6) is -0.602. The van der Waals surface area contributed by atoms with Gasteiger partial charge in [0.2, 0.25) is 0 Å². The molecule has 0 aromatic carbocycles. The summed E-state index contributed by atoms with van der Waals surface area (Å²) in [6, 6.07) is 0. The van der Waals surface area contributed by atoms with Crippen molar-refractivity contribution in [2.24, 2.45) is 0 Å². The summed E-state index contributed by atoms with van der Waals surface area (Å²) >= 11 is 0. The zero-order chi connectivity index (χ0) is 35.7. The van der Waals surface area contributed by atoms with E-state index in [1.165, 1.54) is 135 Å². The lowest BCUT2D eigenvalue weighted by atomic mass is 10.1. The highest BCUT2D eigenvalue weighted by Crippen LogP contribution is 2.13. The normalized spacial score (nSPS) is 12.5. The maximum absolute atomic E-state index is 12.2. The molecule has 0 radical (unpaired) electrons. The Hall–Kier alpha value is -1.88. The van der Waals surface area contributed by atoms with Gasteiger partial charge in [-0.1, -0.05) is 166 Å². The van der Waals surface area contributed by atoms with Crippen LogP contribution in [0.15, 0.2) is 36.5 Å². The molecule has 0 saturated heterocycles. The smallest absolute Gasteiger partial charge is 0.306 e. The fourth-order valence-corrected chi connectivity index (χ4v) is 5.93. The number of aliphatic hydroxyl groups excluding tert-OH is 1. The van der Waals surface area contributed by atoms with Crippen molar-refractivity contribution in [1.82, 2.24) is 0 Å². The monoisotopic (exact) mass is 689 g/mol. The van der Waals surface area contributed by atoms with Crippen LogP contribution in [0.1, 0.15) is 213 Å². The molecule has 1 unspecified atom stereocenters. The first kappa shape index (κ1) is 47.1. The maximum atomic E-state index is 12.2. The fraction of sp³-hybridized carbons (Fsp3) is 0.818. The van der Waals surface area contributed by atoms with Crippen LogP contribution in [0.4, 0.5) is 0 Å². The van der Waals surface area contributed by atoms with E-state index in [1.54, 1.807) is 0 Å². The van der Waals surface area contributed by atoms with Crippen molar-refractivity contribution >= 4 is 11.9 Å². The molecule has 0 bridgehead atoms. The summed E-state index contributed by atoms with van der Waals surface area (Å²) in [5.41, 5.74) is 0. The van der Waals surface area contributed by atoms with Crippen molar-refractivity contribution in [3.8, 4) is 0 Å². The van der Waals surface area contributed by atoms with Gasteiger partial charge < -0.3 is 14.6 Å². The first-order chi connectivity index (χ1) is 24.1. The van der Waals surface area contributed by atoms with Crippen LogP contribution >= 0.6 is 0 Å². The largest absolute Gasteiger partial charge is 0.462 e.